The van der Waals surface area contributed by atoms with Crippen LogP contribution in [-0.2, 0) is 11.3 Å². The van der Waals surface area contributed by atoms with Gasteiger partial charge in [-0.3, -0.25) is 4.90 Å². The molecule has 20 heavy (non-hydrogen) atoms. The number of hydrogen-bond acceptors (Lipinski definition) is 4. The summed E-state index contributed by atoms with van der Waals surface area (Å²) >= 11 is 0. The van der Waals surface area contributed by atoms with Crippen LogP contribution in [0.3, 0.4) is 0 Å². The molecule has 0 spiro atoms. The number of ether oxygens (including phenoxy) is 1. The van der Waals surface area contributed by atoms with E-state index in [1.807, 2.05) is 12.1 Å². The third-order valence-electron chi connectivity index (χ3n) is 4.62. The molecule has 0 aliphatic carbocycles. The summed E-state index contributed by atoms with van der Waals surface area (Å²) in [4.78, 5) is 2.40. The van der Waals surface area contributed by atoms with Gasteiger partial charge in [0.25, 0.3) is 0 Å². The maximum atomic E-state index is 6.29. The summed E-state index contributed by atoms with van der Waals surface area (Å²) in [6.45, 7) is 13.0. The first-order valence-corrected chi connectivity index (χ1v) is 7.44. The summed E-state index contributed by atoms with van der Waals surface area (Å²) in [6, 6.07) is 3.94. The summed E-state index contributed by atoms with van der Waals surface area (Å²) in [7, 11) is 0. The summed E-state index contributed by atoms with van der Waals surface area (Å²) < 4.78 is 11.8. The van der Waals surface area contributed by atoms with Crippen molar-refractivity contribution in [2.24, 2.45) is 5.73 Å². The maximum absolute atomic E-state index is 6.29. The van der Waals surface area contributed by atoms with Crippen molar-refractivity contribution in [1.82, 2.24) is 4.90 Å². The Morgan fingerprint density at radius 1 is 1.30 bits per heavy atom. The first-order valence-electron chi connectivity index (χ1n) is 7.44. The van der Waals surface area contributed by atoms with Gasteiger partial charge in [0, 0.05) is 6.54 Å². The molecule has 2 N–H and O–H groups in total. The minimum atomic E-state index is -0.284. The van der Waals surface area contributed by atoms with Crippen LogP contribution in [-0.4, -0.2) is 34.7 Å². The third kappa shape index (κ3) is 2.52. The van der Waals surface area contributed by atoms with Crippen LogP contribution in [0.2, 0.25) is 0 Å². The molecule has 1 aliphatic heterocycles. The lowest BCUT2D eigenvalue weighted by molar-refractivity contribution is -0.105. The second-order valence-electron chi connectivity index (χ2n) is 6.88. The molecular formula is C16H28N2O2. The fraction of sp³-hybridized carbons (Fsp3) is 0.750. The van der Waals surface area contributed by atoms with Crippen LogP contribution in [0.25, 0.3) is 0 Å². The summed E-state index contributed by atoms with van der Waals surface area (Å²) in [5.41, 5.74) is 5.61. The van der Waals surface area contributed by atoms with Crippen LogP contribution >= 0.6 is 0 Å². The van der Waals surface area contributed by atoms with E-state index in [9.17, 15) is 0 Å². The van der Waals surface area contributed by atoms with Crippen molar-refractivity contribution in [3.8, 4) is 0 Å². The van der Waals surface area contributed by atoms with E-state index < -0.39 is 0 Å². The van der Waals surface area contributed by atoms with Gasteiger partial charge in [-0.05, 0) is 52.8 Å². The van der Waals surface area contributed by atoms with E-state index in [0.29, 0.717) is 6.54 Å². The van der Waals surface area contributed by atoms with Crippen LogP contribution in [0, 0.1) is 0 Å². The van der Waals surface area contributed by atoms with Crippen LogP contribution in [0.4, 0.5) is 0 Å². The standard InChI is InChI=1S/C16H28N2O2/c1-6-18(10-13-8-7-9-19-13)16(12-17)11-14(2,3)20-15(16,4)5/h7-9H,6,10-12,17H2,1-5H3. The average Bonchev–Trinajstić information content (AvgIpc) is 2.90. The van der Waals surface area contributed by atoms with Gasteiger partial charge >= 0.3 is 0 Å². The Kier molecular flexibility index (Phi) is 4.02. The highest BCUT2D eigenvalue weighted by molar-refractivity contribution is 5.14. The van der Waals surface area contributed by atoms with E-state index in [2.05, 4.69) is 39.5 Å². The summed E-state index contributed by atoms with van der Waals surface area (Å²) in [5, 5.41) is 0. The van der Waals surface area contributed by atoms with Gasteiger partial charge in [0.1, 0.15) is 5.76 Å². The van der Waals surface area contributed by atoms with Crippen molar-refractivity contribution < 1.29 is 9.15 Å². The molecule has 1 atom stereocenters. The van der Waals surface area contributed by atoms with Crippen LogP contribution < -0.4 is 5.73 Å². The highest BCUT2D eigenvalue weighted by Crippen LogP contribution is 2.48. The highest BCUT2D eigenvalue weighted by atomic mass is 16.5. The molecule has 1 fully saturated rings. The molecule has 114 valence electrons. The number of nitrogens with two attached hydrogens (primary N) is 1. The SMILES string of the molecule is CCN(Cc1ccco1)C1(CN)CC(C)(C)OC1(C)C. The van der Waals surface area contributed by atoms with Gasteiger partial charge in [-0.2, -0.15) is 0 Å². The molecule has 0 radical (unpaired) electrons. The molecule has 0 bridgehead atoms. The van der Waals surface area contributed by atoms with E-state index in [0.717, 1.165) is 25.3 Å². The van der Waals surface area contributed by atoms with Crippen LogP contribution in [0.1, 0.15) is 46.8 Å². The maximum Gasteiger partial charge on any atom is 0.117 e. The number of likely N-dealkylation sites (N-methyl/N-ethyl adjacent to an activating group) is 1. The third-order valence-corrected chi connectivity index (χ3v) is 4.62. The Hall–Kier alpha value is -0.840. The lowest BCUT2D eigenvalue weighted by atomic mass is 9.77. The fourth-order valence-electron chi connectivity index (χ4n) is 3.84. The topological polar surface area (TPSA) is 51.6 Å². The number of hydrogen-bond donors (Lipinski definition) is 1. The van der Waals surface area contributed by atoms with Crippen molar-refractivity contribution in [2.75, 3.05) is 13.1 Å². The normalized spacial score (nSPS) is 28.1. The Labute approximate surface area is 122 Å². The molecule has 4 heteroatoms. The van der Waals surface area contributed by atoms with E-state index in [1.165, 1.54) is 0 Å². The predicted octanol–water partition coefficient (Wildman–Crippen LogP) is 2.78. The van der Waals surface area contributed by atoms with Gasteiger partial charge in [0.05, 0.1) is 29.5 Å². The molecule has 1 aromatic rings. The minimum Gasteiger partial charge on any atom is -0.468 e. The van der Waals surface area contributed by atoms with E-state index in [-0.39, 0.29) is 16.7 Å². The quantitative estimate of drug-likeness (QED) is 0.901. The first kappa shape index (κ1) is 15.5. The van der Waals surface area contributed by atoms with Crippen molar-refractivity contribution in [2.45, 2.75) is 64.3 Å². The van der Waals surface area contributed by atoms with E-state index in [1.54, 1.807) is 6.26 Å². The Morgan fingerprint density at radius 3 is 2.40 bits per heavy atom. The number of nitrogens with zero attached hydrogens (tertiary/aromatic N) is 1. The van der Waals surface area contributed by atoms with Crippen molar-refractivity contribution >= 4 is 0 Å². The molecule has 1 aromatic heterocycles. The average molecular weight is 280 g/mol. The molecule has 0 aromatic carbocycles. The Bertz CT molecular complexity index is 439. The monoisotopic (exact) mass is 280 g/mol. The minimum absolute atomic E-state index is 0.153. The molecule has 1 unspecified atom stereocenters. The Balaban J connectivity index is 2.33. The molecular weight excluding hydrogens is 252 g/mol. The first-order chi connectivity index (χ1) is 9.26. The van der Waals surface area contributed by atoms with Crippen molar-refractivity contribution in [1.29, 1.82) is 0 Å². The zero-order valence-corrected chi connectivity index (χ0v) is 13.4. The smallest absolute Gasteiger partial charge is 0.117 e. The van der Waals surface area contributed by atoms with E-state index in [4.69, 9.17) is 14.9 Å². The van der Waals surface area contributed by atoms with Gasteiger partial charge in [0.15, 0.2) is 0 Å². The van der Waals surface area contributed by atoms with Gasteiger partial charge in [-0.15, -0.1) is 0 Å². The summed E-state index contributed by atoms with van der Waals surface area (Å²) in [6.07, 6.45) is 2.65. The van der Waals surface area contributed by atoms with Crippen LogP contribution in [0.15, 0.2) is 22.8 Å². The lowest BCUT2D eigenvalue weighted by Crippen LogP contribution is -2.63. The fourth-order valence-corrected chi connectivity index (χ4v) is 3.84. The highest BCUT2D eigenvalue weighted by Gasteiger charge is 2.59. The molecule has 2 heterocycles. The van der Waals surface area contributed by atoms with E-state index >= 15 is 0 Å². The van der Waals surface area contributed by atoms with Gasteiger partial charge in [-0.25, -0.2) is 0 Å². The van der Waals surface area contributed by atoms with Crippen molar-refractivity contribution in [3.05, 3.63) is 24.2 Å². The van der Waals surface area contributed by atoms with Gasteiger partial charge in [-0.1, -0.05) is 6.92 Å². The van der Waals surface area contributed by atoms with Gasteiger partial charge < -0.3 is 14.9 Å². The molecule has 1 saturated heterocycles. The zero-order valence-electron chi connectivity index (χ0n) is 13.4. The molecule has 4 nitrogen and oxygen atoms in total. The lowest BCUT2D eigenvalue weighted by Gasteiger charge is -2.47. The zero-order chi connectivity index (χ0) is 15.0. The largest absolute Gasteiger partial charge is 0.468 e. The molecule has 1 aliphatic rings. The second kappa shape index (κ2) is 5.17. The van der Waals surface area contributed by atoms with Crippen molar-refractivity contribution in [3.63, 3.8) is 0 Å². The molecule has 0 saturated carbocycles. The second-order valence-corrected chi connectivity index (χ2v) is 6.88. The molecule has 0 amide bonds. The van der Waals surface area contributed by atoms with Gasteiger partial charge in [0.2, 0.25) is 0 Å². The number of rotatable bonds is 5. The summed E-state index contributed by atoms with van der Waals surface area (Å²) in [5.74, 6) is 0.972. The number of furan rings is 1. The predicted molar refractivity (Wildman–Crippen MR) is 80.4 cm³/mol. The van der Waals surface area contributed by atoms with Crippen LogP contribution in [0.5, 0.6) is 0 Å². The molecule has 2 rings (SSSR count). The Morgan fingerprint density at radius 2 is 2.00 bits per heavy atom.